The molecule has 0 heterocycles. The van der Waals surface area contributed by atoms with Crippen LogP contribution in [0.4, 0.5) is 13.2 Å². The summed E-state index contributed by atoms with van der Waals surface area (Å²) >= 11 is 5.52. The first-order chi connectivity index (χ1) is 11.7. The minimum absolute atomic E-state index is 0.0671. The number of amides is 1. The summed E-state index contributed by atoms with van der Waals surface area (Å²) in [6.45, 7) is 0. The highest BCUT2D eigenvalue weighted by atomic mass is 35.5. The molecule has 130 valence electrons. The Morgan fingerprint density at radius 2 is 1.72 bits per heavy atom. The summed E-state index contributed by atoms with van der Waals surface area (Å²) in [5.41, 5.74) is -1.52. The summed E-state index contributed by atoms with van der Waals surface area (Å²) < 4.78 is 38.6. The molecule has 0 aliphatic carbocycles. The molecule has 0 spiro atoms. The Balaban J connectivity index is 2.35. The predicted molar refractivity (Wildman–Crippen MR) is 86.0 cm³/mol. The lowest BCUT2D eigenvalue weighted by Gasteiger charge is -2.10. The molecule has 8 heteroatoms. The Kier molecular flexibility index (Phi) is 5.48. The normalized spacial score (nSPS) is 11.9. The summed E-state index contributed by atoms with van der Waals surface area (Å²) in [5, 5.41) is 10.8. The average Bonchev–Trinajstić information content (AvgIpc) is 2.55. The van der Waals surface area contributed by atoms with Gasteiger partial charge in [-0.15, -0.1) is 0 Å². The van der Waals surface area contributed by atoms with E-state index in [-0.39, 0.29) is 11.1 Å². The second-order valence-corrected chi connectivity index (χ2v) is 5.33. The van der Waals surface area contributed by atoms with Crippen LogP contribution in [-0.2, 0) is 11.0 Å². The van der Waals surface area contributed by atoms with Crippen LogP contribution in [0, 0.1) is 0 Å². The summed E-state index contributed by atoms with van der Waals surface area (Å²) in [5.74, 6) is -2.19. The molecule has 2 aromatic rings. The van der Waals surface area contributed by atoms with Crippen LogP contribution in [0.15, 0.2) is 54.2 Å². The molecule has 0 aliphatic heterocycles. The predicted octanol–water partition coefficient (Wildman–Crippen LogP) is 4.21. The van der Waals surface area contributed by atoms with Crippen LogP contribution in [0.1, 0.15) is 21.5 Å². The summed E-state index contributed by atoms with van der Waals surface area (Å²) in [4.78, 5) is 23.3. The number of nitrogens with one attached hydrogen (secondary N) is 1. The molecule has 0 bridgehead atoms. The molecule has 0 aromatic heterocycles. The molecule has 0 saturated heterocycles. The topological polar surface area (TPSA) is 66.4 Å². The highest BCUT2D eigenvalue weighted by Crippen LogP contribution is 2.35. The summed E-state index contributed by atoms with van der Waals surface area (Å²) in [6.07, 6.45) is -3.76. The van der Waals surface area contributed by atoms with Crippen LogP contribution in [0.5, 0.6) is 0 Å². The first-order valence-corrected chi connectivity index (χ1v) is 7.24. The maximum atomic E-state index is 12.9. The van der Waals surface area contributed by atoms with Crippen molar-refractivity contribution in [3.63, 3.8) is 0 Å². The number of benzene rings is 2. The van der Waals surface area contributed by atoms with Crippen molar-refractivity contribution in [1.29, 1.82) is 0 Å². The van der Waals surface area contributed by atoms with Gasteiger partial charge in [-0.25, -0.2) is 4.79 Å². The lowest BCUT2D eigenvalue weighted by atomic mass is 10.1. The number of carboxylic acid groups (broad SMARTS) is 1. The third-order valence-corrected chi connectivity index (χ3v) is 3.45. The fourth-order valence-corrected chi connectivity index (χ4v) is 2.18. The van der Waals surface area contributed by atoms with Gasteiger partial charge in [0.25, 0.3) is 5.91 Å². The Labute approximate surface area is 145 Å². The fraction of sp³-hybridized carbons (Fsp3) is 0.0588. The molecule has 1 amide bonds. The van der Waals surface area contributed by atoms with Crippen molar-refractivity contribution in [2.45, 2.75) is 6.18 Å². The van der Waals surface area contributed by atoms with Crippen molar-refractivity contribution in [1.82, 2.24) is 5.32 Å². The van der Waals surface area contributed by atoms with E-state index in [0.29, 0.717) is 6.07 Å². The van der Waals surface area contributed by atoms with Gasteiger partial charge in [-0.2, -0.15) is 13.2 Å². The molecule has 0 atom stereocenters. The number of hydrogen-bond acceptors (Lipinski definition) is 2. The van der Waals surface area contributed by atoms with Crippen molar-refractivity contribution in [3.05, 3.63) is 75.9 Å². The Bertz CT molecular complexity index is 833. The maximum absolute atomic E-state index is 12.9. The minimum atomic E-state index is -4.68. The van der Waals surface area contributed by atoms with E-state index in [0.717, 1.165) is 12.1 Å². The van der Waals surface area contributed by atoms with Crippen molar-refractivity contribution in [2.75, 3.05) is 0 Å². The third kappa shape index (κ3) is 4.84. The van der Waals surface area contributed by atoms with Gasteiger partial charge in [0.2, 0.25) is 0 Å². The highest BCUT2D eigenvalue weighted by molar-refractivity contribution is 6.31. The van der Waals surface area contributed by atoms with Gasteiger partial charge in [-0.1, -0.05) is 35.9 Å². The highest BCUT2D eigenvalue weighted by Gasteiger charge is 2.33. The fourth-order valence-electron chi connectivity index (χ4n) is 1.95. The number of halogens is 4. The third-order valence-electron chi connectivity index (χ3n) is 3.12. The van der Waals surface area contributed by atoms with Gasteiger partial charge >= 0.3 is 12.1 Å². The Morgan fingerprint density at radius 3 is 2.28 bits per heavy atom. The number of alkyl halides is 3. The number of rotatable bonds is 4. The first kappa shape index (κ1) is 18.5. The molecule has 0 aliphatic rings. The van der Waals surface area contributed by atoms with Crippen molar-refractivity contribution < 1.29 is 27.9 Å². The SMILES string of the molecule is O=C(O)/C(=C\c1ccc(Cl)c(C(F)(F)F)c1)NC(=O)c1ccccc1. The van der Waals surface area contributed by atoms with Crippen LogP contribution in [0.2, 0.25) is 5.02 Å². The van der Waals surface area contributed by atoms with Crippen LogP contribution in [0.25, 0.3) is 6.08 Å². The van der Waals surface area contributed by atoms with E-state index in [2.05, 4.69) is 5.32 Å². The number of carbonyl (C=O) groups excluding carboxylic acids is 1. The molecule has 0 saturated carbocycles. The van der Waals surface area contributed by atoms with E-state index in [1.54, 1.807) is 18.2 Å². The van der Waals surface area contributed by atoms with Gasteiger partial charge in [-0.05, 0) is 35.9 Å². The van der Waals surface area contributed by atoms with Crippen molar-refractivity contribution in [2.24, 2.45) is 0 Å². The number of carbonyl (C=O) groups is 2. The first-order valence-electron chi connectivity index (χ1n) is 6.86. The monoisotopic (exact) mass is 369 g/mol. The molecule has 25 heavy (non-hydrogen) atoms. The van der Waals surface area contributed by atoms with E-state index in [4.69, 9.17) is 11.6 Å². The summed E-state index contributed by atoms with van der Waals surface area (Å²) in [7, 11) is 0. The number of hydrogen-bond donors (Lipinski definition) is 2. The molecular weight excluding hydrogens is 359 g/mol. The lowest BCUT2D eigenvalue weighted by molar-refractivity contribution is -0.137. The van der Waals surface area contributed by atoms with E-state index < -0.39 is 34.3 Å². The lowest BCUT2D eigenvalue weighted by Crippen LogP contribution is -2.27. The summed E-state index contributed by atoms with van der Waals surface area (Å²) in [6, 6.07) is 10.7. The molecule has 2 N–H and O–H groups in total. The van der Waals surface area contributed by atoms with Crippen LogP contribution in [-0.4, -0.2) is 17.0 Å². The number of carboxylic acids is 1. The van der Waals surface area contributed by atoms with Gasteiger partial charge in [0.05, 0.1) is 10.6 Å². The van der Waals surface area contributed by atoms with Crippen LogP contribution in [0.3, 0.4) is 0 Å². The molecule has 2 aromatic carbocycles. The smallest absolute Gasteiger partial charge is 0.417 e. The number of aliphatic carboxylic acids is 1. The minimum Gasteiger partial charge on any atom is -0.477 e. The molecule has 0 fully saturated rings. The molecule has 0 radical (unpaired) electrons. The van der Waals surface area contributed by atoms with Crippen LogP contribution >= 0.6 is 11.6 Å². The zero-order chi connectivity index (χ0) is 18.6. The average molecular weight is 370 g/mol. The molecular formula is C17H11ClF3NO3. The Morgan fingerprint density at radius 1 is 1.08 bits per heavy atom. The largest absolute Gasteiger partial charge is 0.477 e. The van der Waals surface area contributed by atoms with E-state index in [9.17, 15) is 27.9 Å². The molecule has 4 nitrogen and oxygen atoms in total. The van der Waals surface area contributed by atoms with Gasteiger partial charge < -0.3 is 10.4 Å². The quantitative estimate of drug-likeness (QED) is 0.793. The standard InChI is InChI=1S/C17H11ClF3NO3/c18-13-7-6-10(8-12(13)17(19,20)21)9-14(16(24)25)22-15(23)11-4-2-1-3-5-11/h1-9H,(H,22,23)(H,24,25)/b14-9+. The van der Waals surface area contributed by atoms with Crippen molar-refractivity contribution in [3.8, 4) is 0 Å². The second kappa shape index (κ2) is 7.40. The molecule has 2 rings (SSSR count). The van der Waals surface area contributed by atoms with Crippen LogP contribution < -0.4 is 5.32 Å². The van der Waals surface area contributed by atoms with E-state index >= 15 is 0 Å². The van der Waals surface area contributed by atoms with E-state index in [1.807, 2.05) is 0 Å². The second-order valence-electron chi connectivity index (χ2n) is 4.92. The van der Waals surface area contributed by atoms with Gasteiger partial charge in [0, 0.05) is 5.56 Å². The van der Waals surface area contributed by atoms with Gasteiger partial charge in [-0.3, -0.25) is 4.79 Å². The van der Waals surface area contributed by atoms with E-state index in [1.165, 1.54) is 18.2 Å². The maximum Gasteiger partial charge on any atom is 0.417 e. The zero-order valence-corrected chi connectivity index (χ0v) is 13.2. The molecule has 0 unspecified atom stereocenters. The Hall–Kier alpha value is -2.80. The zero-order valence-electron chi connectivity index (χ0n) is 12.5. The van der Waals surface area contributed by atoms with Gasteiger partial charge in [0.1, 0.15) is 5.70 Å². The van der Waals surface area contributed by atoms with Crippen molar-refractivity contribution >= 4 is 29.6 Å². The van der Waals surface area contributed by atoms with Gasteiger partial charge in [0.15, 0.2) is 0 Å².